The first-order valence-corrected chi connectivity index (χ1v) is 7.27. The van der Waals surface area contributed by atoms with E-state index in [0.29, 0.717) is 15.7 Å². The standard InChI is InChI=1S/C16H14Cl2N2O2/c1-9-4-3-5-10(2)14(9)20-16(22)15(21)19-13-8-11(17)6-7-12(13)18/h3-8H,1-2H3,(H,19,21)(H,20,22). The first-order valence-electron chi connectivity index (χ1n) is 6.52. The lowest BCUT2D eigenvalue weighted by molar-refractivity contribution is -0.133. The van der Waals surface area contributed by atoms with Crippen molar-refractivity contribution in [1.29, 1.82) is 0 Å². The molecule has 4 nitrogen and oxygen atoms in total. The minimum atomic E-state index is -0.813. The van der Waals surface area contributed by atoms with E-state index in [4.69, 9.17) is 23.2 Å². The van der Waals surface area contributed by atoms with Crippen molar-refractivity contribution in [2.24, 2.45) is 0 Å². The Labute approximate surface area is 138 Å². The summed E-state index contributed by atoms with van der Waals surface area (Å²) in [6, 6.07) is 10.2. The molecule has 0 aliphatic carbocycles. The fraction of sp³-hybridized carbons (Fsp3) is 0.125. The van der Waals surface area contributed by atoms with E-state index >= 15 is 0 Å². The molecule has 0 radical (unpaired) electrons. The van der Waals surface area contributed by atoms with Crippen LogP contribution >= 0.6 is 23.2 Å². The van der Waals surface area contributed by atoms with Crippen LogP contribution in [0.4, 0.5) is 11.4 Å². The van der Waals surface area contributed by atoms with E-state index in [0.717, 1.165) is 11.1 Å². The molecular formula is C16H14Cl2N2O2. The van der Waals surface area contributed by atoms with E-state index in [9.17, 15) is 9.59 Å². The lowest BCUT2D eigenvalue weighted by atomic mass is 10.1. The topological polar surface area (TPSA) is 58.2 Å². The highest BCUT2D eigenvalue weighted by Gasteiger charge is 2.17. The number of carbonyl (C=O) groups excluding carboxylic acids is 2. The quantitative estimate of drug-likeness (QED) is 0.808. The van der Waals surface area contributed by atoms with E-state index in [1.807, 2.05) is 32.0 Å². The minimum absolute atomic E-state index is 0.288. The molecule has 114 valence electrons. The Morgan fingerprint density at radius 3 is 2.14 bits per heavy atom. The van der Waals surface area contributed by atoms with Crippen LogP contribution in [0.2, 0.25) is 10.0 Å². The van der Waals surface area contributed by atoms with Gasteiger partial charge in [0.2, 0.25) is 0 Å². The molecule has 22 heavy (non-hydrogen) atoms. The number of amides is 2. The van der Waals surface area contributed by atoms with Gasteiger partial charge in [0.05, 0.1) is 10.7 Å². The third-order valence-electron chi connectivity index (χ3n) is 3.10. The van der Waals surface area contributed by atoms with Crippen LogP contribution in [0.25, 0.3) is 0 Å². The maximum absolute atomic E-state index is 12.0. The molecule has 0 aliphatic heterocycles. The van der Waals surface area contributed by atoms with Gasteiger partial charge in [0.1, 0.15) is 0 Å². The maximum atomic E-state index is 12.0. The third kappa shape index (κ3) is 3.78. The van der Waals surface area contributed by atoms with Gasteiger partial charge < -0.3 is 10.6 Å². The van der Waals surface area contributed by atoms with Crippen molar-refractivity contribution in [3.8, 4) is 0 Å². The number of para-hydroxylation sites is 1. The zero-order valence-corrected chi connectivity index (χ0v) is 13.5. The van der Waals surface area contributed by atoms with Gasteiger partial charge in [-0.3, -0.25) is 9.59 Å². The monoisotopic (exact) mass is 336 g/mol. The maximum Gasteiger partial charge on any atom is 0.314 e. The molecule has 0 aromatic heterocycles. The van der Waals surface area contributed by atoms with Gasteiger partial charge in [-0.05, 0) is 43.2 Å². The first kappa shape index (κ1) is 16.3. The number of nitrogens with one attached hydrogen (secondary N) is 2. The molecule has 2 rings (SSSR count). The zero-order valence-electron chi connectivity index (χ0n) is 12.0. The van der Waals surface area contributed by atoms with Crippen LogP contribution in [0.5, 0.6) is 0 Å². The van der Waals surface area contributed by atoms with Crippen LogP contribution in [-0.4, -0.2) is 11.8 Å². The van der Waals surface area contributed by atoms with Crippen molar-refractivity contribution in [1.82, 2.24) is 0 Å². The van der Waals surface area contributed by atoms with Gasteiger partial charge in [0.25, 0.3) is 0 Å². The molecule has 2 aromatic carbocycles. The largest absolute Gasteiger partial charge is 0.317 e. The Morgan fingerprint density at radius 1 is 0.909 bits per heavy atom. The fourth-order valence-electron chi connectivity index (χ4n) is 1.95. The van der Waals surface area contributed by atoms with Crippen LogP contribution in [-0.2, 0) is 9.59 Å². The lowest BCUT2D eigenvalue weighted by Gasteiger charge is -2.12. The molecule has 6 heteroatoms. The van der Waals surface area contributed by atoms with Crippen molar-refractivity contribution in [2.45, 2.75) is 13.8 Å². The summed E-state index contributed by atoms with van der Waals surface area (Å²) >= 11 is 11.8. The van der Waals surface area contributed by atoms with Gasteiger partial charge in [-0.2, -0.15) is 0 Å². The normalized spacial score (nSPS) is 10.2. The van der Waals surface area contributed by atoms with E-state index in [-0.39, 0.29) is 5.69 Å². The van der Waals surface area contributed by atoms with Crippen LogP contribution in [0.3, 0.4) is 0 Å². The SMILES string of the molecule is Cc1cccc(C)c1NC(=O)C(=O)Nc1cc(Cl)ccc1Cl. The molecule has 0 unspecified atom stereocenters. The van der Waals surface area contributed by atoms with Crippen LogP contribution in [0.15, 0.2) is 36.4 Å². The Morgan fingerprint density at radius 2 is 1.50 bits per heavy atom. The highest BCUT2D eigenvalue weighted by atomic mass is 35.5. The summed E-state index contributed by atoms with van der Waals surface area (Å²) in [5.41, 5.74) is 2.67. The van der Waals surface area contributed by atoms with Gasteiger partial charge in [-0.15, -0.1) is 0 Å². The van der Waals surface area contributed by atoms with E-state index in [2.05, 4.69) is 10.6 Å². The molecule has 2 N–H and O–H groups in total. The molecule has 0 saturated heterocycles. The number of carbonyl (C=O) groups is 2. The van der Waals surface area contributed by atoms with E-state index in [1.54, 1.807) is 12.1 Å². The summed E-state index contributed by atoms with van der Waals surface area (Å²) in [5.74, 6) is -1.58. The molecule has 0 bridgehead atoms. The second-order valence-corrected chi connectivity index (χ2v) is 5.64. The van der Waals surface area contributed by atoms with Crippen molar-refractivity contribution in [2.75, 3.05) is 10.6 Å². The summed E-state index contributed by atoms with van der Waals surface area (Å²) in [6.07, 6.45) is 0. The van der Waals surface area contributed by atoms with Crippen LogP contribution in [0.1, 0.15) is 11.1 Å². The molecule has 0 heterocycles. The summed E-state index contributed by atoms with van der Waals surface area (Å²) in [7, 11) is 0. The Hall–Kier alpha value is -2.04. The first-order chi connectivity index (χ1) is 10.4. The van der Waals surface area contributed by atoms with Crippen molar-refractivity contribution in [3.05, 3.63) is 57.6 Å². The Bertz CT molecular complexity index is 725. The van der Waals surface area contributed by atoms with E-state index < -0.39 is 11.8 Å². The smallest absolute Gasteiger partial charge is 0.314 e. The summed E-state index contributed by atoms with van der Waals surface area (Å²) in [4.78, 5) is 24.0. The van der Waals surface area contributed by atoms with Crippen molar-refractivity contribution in [3.63, 3.8) is 0 Å². The molecule has 2 amide bonds. The minimum Gasteiger partial charge on any atom is -0.317 e. The average Bonchev–Trinajstić information content (AvgIpc) is 2.46. The number of anilines is 2. The molecule has 0 aliphatic rings. The van der Waals surface area contributed by atoms with Crippen LogP contribution < -0.4 is 10.6 Å². The second-order valence-electron chi connectivity index (χ2n) is 4.80. The molecule has 0 atom stereocenters. The summed E-state index contributed by atoms with van der Waals surface area (Å²) in [6.45, 7) is 3.71. The number of aryl methyl sites for hydroxylation is 2. The van der Waals surface area contributed by atoms with Gasteiger partial charge in [0.15, 0.2) is 0 Å². The summed E-state index contributed by atoms with van der Waals surface area (Å²) < 4.78 is 0. The number of halogens is 2. The number of rotatable bonds is 2. The number of benzene rings is 2. The van der Waals surface area contributed by atoms with Gasteiger partial charge in [-0.1, -0.05) is 41.4 Å². The predicted octanol–water partition coefficient (Wildman–Crippen LogP) is 4.19. The third-order valence-corrected chi connectivity index (χ3v) is 3.67. The fourth-order valence-corrected chi connectivity index (χ4v) is 2.29. The Balaban J connectivity index is 2.13. The summed E-state index contributed by atoms with van der Waals surface area (Å²) in [5, 5.41) is 5.76. The molecule has 0 spiro atoms. The van der Waals surface area contributed by atoms with Gasteiger partial charge in [0, 0.05) is 10.7 Å². The average molecular weight is 337 g/mol. The zero-order chi connectivity index (χ0) is 16.3. The van der Waals surface area contributed by atoms with Gasteiger partial charge >= 0.3 is 11.8 Å². The molecule has 2 aromatic rings. The van der Waals surface area contributed by atoms with Crippen molar-refractivity contribution >= 4 is 46.4 Å². The highest BCUT2D eigenvalue weighted by Crippen LogP contribution is 2.25. The molecule has 0 saturated carbocycles. The lowest BCUT2D eigenvalue weighted by Crippen LogP contribution is -2.29. The van der Waals surface area contributed by atoms with Crippen molar-refractivity contribution < 1.29 is 9.59 Å². The number of hydrogen-bond donors (Lipinski definition) is 2. The second kappa shape index (κ2) is 6.81. The number of hydrogen-bond acceptors (Lipinski definition) is 2. The van der Waals surface area contributed by atoms with Crippen LogP contribution in [0, 0.1) is 13.8 Å². The molecule has 0 fully saturated rings. The van der Waals surface area contributed by atoms with E-state index in [1.165, 1.54) is 6.07 Å². The molecular weight excluding hydrogens is 323 g/mol. The van der Waals surface area contributed by atoms with Gasteiger partial charge in [-0.25, -0.2) is 0 Å². The Kier molecular flexibility index (Phi) is 5.06. The highest BCUT2D eigenvalue weighted by molar-refractivity contribution is 6.45. The predicted molar refractivity (Wildman–Crippen MR) is 89.6 cm³/mol.